The van der Waals surface area contributed by atoms with Gasteiger partial charge in [-0.2, -0.15) is 0 Å². The molecule has 0 aromatic carbocycles. The van der Waals surface area contributed by atoms with E-state index < -0.39 is 0 Å². The molecule has 1 atom stereocenters. The average Bonchev–Trinajstić information content (AvgIpc) is 3.28. The molecule has 0 spiro atoms. The van der Waals surface area contributed by atoms with E-state index in [0.29, 0.717) is 12.0 Å². The van der Waals surface area contributed by atoms with Crippen molar-refractivity contribution in [3.8, 4) is 0 Å². The van der Waals surface area contributed by atoms with Gasteiger partial charge in [0.15, 0.2) is 0 Å². The van der Waals surface area contributed by atoms with Crippen LogP contribution in [0.25, 0.3) is 0 Å². The Bertz CT molecular complexity index is 378. The monoisotopic (exact) mass is 469 g/mol. The molecule has 0 amide bonds. The zero-order chi connectivity index (χ0) is 26.4. The van der Waals surface area contributed by atoms with Crippen molar-refractivity contribution in [1.82, 2.24) is 0 Å². The van der Waals surface area contributed by atoms with E-state index >= 15 is 0 Å². The summed E-state index contributed by atoms with van der Waals surface area (Å²) in [6.45, 7) is 24.0. The van der Waals surface area contributed by atoms with Crippen molar-refractivity contribution in [2.45, 2.75) is 166 Å². The van der Waals surface area contributed by atoms with Crippen molar-refractivity contribution < 1.29 is 5.11 Å². The normalized spacial score (nSPS) is 16.0. The van der Waals surface area contributed by atoms with Crippen LogP contribution in [0.1, 0.15) is 166 Å². The van der Waals surface area contributed by atoms with Crippen LogP contribution in [0, 0.1) is 11.3 Å². The third kappa shape index (κ3) is 33.7. The lowest BCUT2D eigenvalue weighted by molar-refractivity contribution is 0.289. The summed E-state index contributed by atoms with van der Waals surface area (Å²) in [5, 5.41) is 8.26. The highest BCUT2D eigenvalue weighted by Crippen LogP contribution is 2.36. The molecule has 1 heteroatoms. The first-order valence-electron chi connectivity index (χ1n) is 14.8. The molecule has 0 heterocycles. The van der Waals surface area contributed by atoms with Gasteiger partial charge < -0.3 is 5.11 Å². The Balaban J connectivity index is -0.000000249. The zero-order valence-electron chi connectivity index (χ0n) is 25.4. The molecule has 1 rings (SSSR count). The Morgan fingerprint density at radius 3 is 1.97 bits per heavy atom. The predicted molar refractivity (Wildman–Crippen MR) is 157 cm³/mol. The molecule has 0 aliphatic heterocycles. The quantitative estimate of drug-likeness (QED) is 0.223. The first kappa shape index (κ1) is 39.6. The van der Waals surface area contributed by atoms with Gasteiger partial charge in [0.05, 0.1) is 0 Å². The third-order valence-corrected chi connectivity index (χ3v) is 5.56. The van der Waals surface area contributed by atoms with Crippen molar-refractivity contribution in [2.75, 3.05) is 6.61 Å². The number of allylic oxidation sites excluding steroid dienone is 4. The van der Waals surface area contributed by atoms with Crippen molar-refractivity contribution >= 4 is 0 Å². The van der Waals surface area contributed by atoms with Crippen molar-refractivity contribution in [3.05, 3.63) is 23.8 Å². The fourth-order valence-corrected chi connectivity index (χ4v) is 3.64. The molecule has 0 saturated heterocycles. The molecular formula is C32H68O. The second-order valence-electron chi connectivity index (χ2n) is 9.58. The largest absolute Gasteiger partial charge is 0.396 e. The molecular weight excluding hydrogens is 400 g/mol. The lowest BCUT2D eigenvalue weighted by Gasteiger charge is -2.23. The predicted octanol–water partition coefficient (Wildman–Crippen LogP) is 11.7. The second kappa shape index (κ2) is 33.6. The molecule has 0 bridgehead atoms. The van der Waals surface area contributed by atoms with E-state index in [0.717, 1.165) is 18.8 Å². The van der Waals surface area contributed by atoms with E-state index in [9.17, 15) is 0 Å². The van der Waals surface area contributed by atoms with Gasteiger partial charge in [0.25, 0.3) is 0 Å². The Morgan fingerprint density at radius 2 is 1.48 bits per heavy atom. The van der Waals surface area contributed by atoms with E-state index in [2.05, 4.69) is 53.7 Å². The van der Waals surface area contributed by atoms with Gasteiger partial charge in [-0.15, -0.1) is 0 Å². The van der Waals surface area contributed by atoms with Crippen LogP contribution >= 0.6 is 0 Å². The summed E-state index contributed by atoms with van der Waals surface area (Å²) in [5.41, 5.74) is 2.29. The van der Waals surface area contributed by atoms with Crippen molar-refractivity contribution in [2.24, 2.45) is 11.3 Å². The molecule has 1 unspecified atom stereocenters. The fraction of sp³-hybridized carbons (Fsp3) is 0.875. The van der Waals surface area contributed by atoms with Crippen LogP contribution in [0.5, 0.6) is 0 Å². The molecule has 0 radical (unpaired) electrons. The van der Waals surface area contributed by atoms with E-state index in [-0.39, 0.29) is 0 Å². The molecule has 1 fully saturated rings. The highest BCUT2D eigenvalue weighted by atomic mass is 16.2. The summed E-state index contributed by atoms with van der Waals surface area (Å²) >= 11 is 0. The van der Waals surface area contributed by atoms with Crippen LogP contribution in [0.4, 0.5) is 0 Å². The number of rotatable bonds is 12. The Hall–Kier alpha value is -0.560. The van der Waals surface area contributed by atoms with Crippen LogP contribution in [-0.2, 0) is 0 Å². The smallest absolute Gasteiger partial charge is 0.0433 e. The Kier molecular flexibility index (Phi) is 40.4. The molecule has 202 valence electrons. The van der Waals surface area contributed by atoms with Crippen LogP contribution < -0.4 is 0 Å². The molecule has 0 aromatic rings. The summed E-state index contributed by atoms with van der Waals surface area (Å²) < 4.78 is 0. The topological polar surface area (TPSA) is 20.2 Å². The number of aliphatic hydroxyl groups excluding tert-OH is 1. The minimum absolute atomic E-state index is 0.310. The van der Waals surface area contributed by atoms with Gasteiger partial charge in [0.2, 0.25) is 0 Å². The van der Waals surface area contributed by atoms with Gasteiger partial charge in [-0.25, -0.2) is 0 Å². The van der Waals surface area contributed by atoms with Gasteiger partial charge in [-0.3, -0.25) is 0 Å². The molecule has 0 aromatic heterocycles. The van der Waals surface area contributed by atoms with E-state index in [1.807, 2.05) is 40.7 Å². The number of aliphatic hydroxyl groups is 1. The maximum absolute atomic E-state index is 8.26. The van der Waals surface area contributed by atoms with Crippen LogP contribution in [-0.4, -0.2) is 11.7 Å². The summed E-state index contributed by atoms with van der Waals surface area (Å²) in [4.78, 5) is 0. The van der Waals surface area contributed by atoms with E-state index in [4.69, 9.17) is 5.11 Å². The van der Waals surface area contributed by atoms with Gasteiger partial charge in [0.1, 0.15) is 0 Å². The third-order valence-electron chi connectivity index (χ3n) is 5.56. The van der Waals surface area contributed by atoms with Gasteiger partial charge in [-0.05, 0) is 63.2 Å². The first-order valence-corrected chi connectivity index (χ1v) is 14.8. The molecule has 1 aliphatic rings. The van der Waals surface area contributed by atoms with Crippen LogP contribution in [0.3, 0.4) is 0 Å². The molecule has 1 N–H and O–H groups in total. The Morgan fingerprint density at radius 1 is 0.909 bits per heavy atom. The average molecular weight is 469 g/mol. The zero-order valence-corrected chi connectivity index (χ0v) is 25.4. The lowest BCUT2D eigenvalue weighted by atomic mass is 9.83. The summed E-state index contributed by atoms with van der Waals surface area (Å²) in [7, 11) is 0. The molecule has 1 saturated carbocycles. The van der Waals surface area contributed by atoms with E-state index in [1.165, 1.54) is 77.0 Å². The number of unbranched alkanes of at least 4 members (excludes halogenated alkanes) is 4. The first-order chi connectivity index (χ1) is 15.9. The van der Waals surface area contributed by atoms with Crippen molar-refractivity contribution in [1.29, 1.82) is 0 Å². The lowest BCUT2D eigenvalue weighted by Crippen LogP contribution is -2.09. The molecule has 1 nitrogen and oxygen atoms in total. The highest BCUT2D eigenvalue weighted by molar-refractivity contribution is 5.09. The maximum atomic E-state index is 8.26. The summed E-state index contributed by atoms with van der Waals surface area (Å²) in [5.74, 6) is 1.01. The number of hydrogen-bond donors (Lipinski definition) is 1. The Labute approximate surface area is 212 Å². The van der Waals surface area contributed by atoms with Crippen LogP contribution in [0.15, 0.2) is 23.8 Å². The SMILES string of the molecule is C/C=C\CCCO.CC.CC.CCC.CCCCCC(C)(C)C/C=C1\CCC(CCCC)C1. The molecule has 33 heavy (non-hydrogen) atoms. The van der Waals surface area contributed by atoms with E-state index in [1.54, 1.807) is 5.57 Å². The summed E-state index contributed by atoms with van der Waals surface area (Å²) in [6.07, 6.45) is 25.2. The second-order valence-corrected chi connectivity index (χ2v) is 9.58. The minimum Gasteiger partial charge on any atom is -0.396 e. The fourth-order valence-electron chi connectivity index (χ4n) is 3.64. The highest BCUT2D eigenvalue weighted by Gasteiger charge is 2.20. The maximum Gasteiger partial charge on any atom is 0.0433 e. The number of hydrogen-bond acceptors (Lipinski definition) is 1. The van der Waals surface area contributed by atoms with Gasteiger partial charge in [-0.1, -0.05) is 138 Å². The van der Waals surface area contributed by atoms with Gasteiger partial charge in [0, 0.05) is 6.61 Å². The van der Waals surface area contributed by atoms with Gasteiger partial charge >= 0.3 is 0 Å². The van der Waals surface area contributed by atoms with Crippen molar-refractivity contribution in [3.63, 3.8) is 0 Å². The molecule has 1 aliphatic carbocycles. The minimum atomic E-state index is 0.310. The summed E-state index contributed by atoms with van der Waals surface area (Å²) in [6, 6.07) is 0. The standard InChI is InChI=1S/C19H36.C6H12O.C3H8.2C2H6/c1-5-7-9-14-19(3,4)15-13-18-12-11-17(16-18)10-8-6-2;1-2-3-4-5-6-7;1-3-2;2*1-2/h13,17H,5-12,14-16H2,1-4H3;2-3,7H,4-6H2,1H3;3H2,1-2H3;2*1-2H3/b18-13+;3-2-;;;. The van der Waals surface area contributed by atoms with Crippen LogP contribution in [0.2, 0.25) is 0 Å².